The van der Waals surface area contributed by atoms with Crippen LogP contribution >= 0.6 is 0 Å². The van der Waals surface area contributed by atoms with Crippen molar-refractivity contribution in [1.82, 2.24) is 4.90 Å². The Balaban J connectivity index is 2.64. The summed E-state index contributed by atoms with van der Waals surface area (Å²) in [6.07, 6.45) is -0.495. The fraction of sp³-hybridized carbons (Fsp3) is 0.857. The molecule has 1 heterocycles. The summed E-state index contributed by atoms with van der Waals surface area (Å²) in [6, 6.07) is 0. The average molecular weight is 270 g/mol. The van der Waals surface area contributed by atoms with Gasteiger partial charge in [-0.05, 0) is 5.41 Å². The van der Waals surface area contributed by atoms with Crippen LogP contribution in [0.25, 0.3) is 0 Å². The van der Waals surface area contributed by atoms with Gasteiger partial charge in [0.2, 0.25) is 0 Å². The second-order valence-electron chi connectivity index (χ2n) is 6.34. The minimum absolute atomic E-state index is 0.0395. The molecule has 1 fully saturated rings. The van der Waals surface area contributed by atoms with Crippen LogP contribution < -0.4 is 0 Å². The molecule has 1 aliphatic rings. The van der Waals surface area contributed by atoms with Gasteiger partial charge >= 0.3 is 6.09 Å². The van der Waals surface area contributed by atoms with Gasteiger partial charge in [-0.2, -0.15) is 4.99 Å². The second-order valence-corrected chi connectivity index (χ2v) is 6.34. The van der Waals surface area contributed by atoms with Crippen molar-refractivity contribution in [2.45, 2.75) is 34.6 Å². The number of nitrogens with zero attached hydrogens (tertiary/aromatic N) is 2. The number of carbonyl (C=O) groups is 1. The topological polar surface area (TPSA) is 51.1 Å². The maximum absolute atomic E-state index is 11.8. The molecular formula is C14H26N2O3. The van der Waals surface area contributed by atoms with Crippen molar-refractivity contribution in [3.8, 4) is 0 Å². The molecule has 0 aliphatic carbocycles. The molecule has 0 aromatic heterocycles. The quantitative estimate of drug-likeness (QED) is 0.571. The van der Waals surface area contributed by atoms with Gasteiger partial charge in [0.25, 0.3) is 0 Å². The van der Waals surface area contributed by atoms with E-state index in [4.69, 9.17) is 9.47 Å². The Morgan fingerprint density at radius 3 is 2.37 bits per heavy atom. The summed E-state index contributed by atoms with van der Waals surface area (Å²) < 4.78 is 10.5. The molecule has 0 saturated carbocycles. The highest BCUT2D eigenvalue weighted by atomic mass is 16.5. The molecule has 0 spiro atoms. The Bertz CT molecular complexity index is 326. The number of aliphatic imine (C=N–C) groups is 1. The number of ether oxygens (including phenoxy) is 2. The summed E-state index contributed by atoms with van der Waals surface area (Å²) in [4.78, 5) is 18.0. The van der Waals surface area contributed by atoms with Crippen LogP contribution in [0.15, 0.2) is 4.99 Å². The lowest BCUT2D eigenvalue weighted by molar-refractivity contribution is 0.0657. The SMILES string of the molecule is CC(C)C(=NC(=O)OCC(C)(C)C)N1CCOCC1. The fourth-order valence-electron chi connectivity index (χ4n) is 1.76. The van der Waals surface area contributed by atoms with Crippen LogP contribution in [-0.2, 0) is 9.47 Å². The van der Waals surface area contributed by atoms with Crippen LogP contribution in [0, 0.1) is 11.3 Å². The molecule has 1 rings (SSSR count). The first-order valence-electron chi connectivity index (χ1n) is 6.87. The monoisotopic (exact) mass is 270 g/mol. The van der Waals surface area contributed by atoms with E-state index in [0.29, 0.717) is 19.8 Å². The molecular weight excluding hydrogens is 244 g/mol. The van der Waals surface area contributed by atoms with Crippen molar-refractivity contribution in [2.24, 2.45) is 16.3 Å². The number of rotatable bonds is 2. The molecule has 0 N–H and O–H groups in total. The number of morpholine rings is 1. The summed E-state index contributed by atoms with van der Waals surface area (Å²) in [5.74, 6) is 0.988. The predicted octanol–water partition coefficient (Wildman–Crippen LogP) is 2.56. The third-order valence-corrected chi connectivity index (χ3v) is 2.69. The van der Waals surface area contributed by atoms with E-state index in [1.54, 1.807) is 0 Å². The highest BCUT2D eigenvalue weighted by Gasteiger charge is 2.20. The van der Waals surface area contributed by atoms with Crippen molar-refractivity contribution >= 4 is 11.9 Å². The minimum atomic E-state index is -0.495. The van der Waals surface area contributed by atoms with Crippen LogP contribution in [0.5, 0.6) is 0 Å². The van der Waals surface area contributed by atoms with Gasteiger partial charge in [0.05, 0.1) is 19.8 Å². The lowest BCUT2D eigenvalue weighted by Gasteiger charge is -2.31. The van der Waals surface area contributed by atoms with E-state index in [9.17, 15) is 4.79 Å². The molecule has 5 heteroatoms. The highest BCUT2D eigenvalue weighted by molar-refractivity contribution is 5.93. The van der Waals surface area contributed by atoms with Gasteiger partial charge in [0, 0.05) is 19.0 Å². The smallest absolute Gasteiger partial charge is 0.435 e. The minimum Gasteiger partial charge on any atom is -0.447 e. The van der Waals surface area contributed by atoms with Crippen molar-refractivity contribution in [3.05, 3.63) is 0 Å². The zero-order chi connectivity index (χ0) is 14.5. The maximum atomic E-state index is 11.8. The Morgan fingerprint density at radius 2 is 1.89 bits per heavy atom. The molecule has 0 radical (unpaired) electrons. The van der Waals surface area contributed by atoms with Crippen LogP contribution in [0.4, 0.5) is 4.79 Å². The predicted molar refractivity (Wildman–Crippen MR) is 75.5 cm³/mol. The van der Waals surface area contributed by atoms with Gasteiger partial charge in [-0.3, -0.25) is 0 Å². The molecule has 0 aromatic carbocycles. The number of hydrogen-bond donors (Lipinski definition) is 0. The van der Waals surface area contributed by atoms with E-state index in [1.807, 2.05) is 34.6 Å². The van der Waals surface area contributed by atoms with E-state index >= 15 is 0 Å². The number of amides is 1. The molecule has 0 bridgehead atoms. The molecule has 1 aliphatic heterocycles. The van der Waals surface area contributed by atoms with E-state index < -0.39 is 6.09 Å². The largest absolute Gasteiger partial charge is 0.447 e. The molecule has 0 aromatic rings. The lowest BCUT2D eigenvalue weighted by Crippen LogP contribution is -2.43. The van der Waals surface area contributed by atoms with E-state index in [2.05, 4.69) is 9.89 Å². The van der Waals surface area contributed by atoms with Crippen LogP contribution in [0.1, 0.15) is 34.6 Å². The summed E-state index contributed by atoms with van der Waals surface area (Å²) in [5, 5.41) is 0. The molecule has 0 atom stereocenters. The standard InChI is InChI=1S/C14H26N2O3/c1-11(2)12(16-6-8-18-9-7-16)15-13(17)19-10-14(3,4)5/h11H,6-10H2,1-5H3. The Morgan fingerprint density at radius 1 is 1.32 bits per heavy atom. The number of carbonyl (C=O) groups excluding carboxylic acids is 1. The summed E-state index contributed by atoms with van der Waals surface area (Å²) in [5.41, 5.74) is -0.0395. The third-order valence-electron chi connectivity index (χ3n) is 2.69. The Kier molecular flexibility index (Phi) is 5.79. The fourth-order valence-corrected chi connectivity index (χ4v) is 1.76. The first-order chi connectivity index (χ1) is 8.79. The zero-order valence-electron chi connectivity index (χ0n) is 12.7. The molecule has 5 nitrogen and oxygen atoms in total. The van der Waals surface area contributed by atoms with Crippen LogP contribution in [-0.4, -0.2) is 49.7 Å². The van der Waals surface area contributed by atoms with Crippen LogP contribution in [0.2, 0.25) is 0 Å². The Hall–Kier alpha value is -1.10. The first-order valence-corrected chi connectivity index (χ1v) is 6.87. The van der Waals surface area contributed by atoms with Gasteiger partial charge in [-0.25, -0.2) is 4.79 Å². The first kappa shape index (κ1) is 16.0. The molecule has 110 valence electrons. The normalized spacial score (nSPS) is 17.8. The summed E-state index contributed by atoms with van der Waals surface area (Å²) >= 11 is 0. The van der Waals surface area contributed by atoms with Crippen molar-refractivity contribution in [2.75, 3.05) is 32.9 Å². The molecule has 0 unspecified atom stereocenters. The molecule has 19 heavy (non-hydrogen) atoms. The second kappa shape index (κ2) is 6.89. The van der Waals surface area contributed by atoms with Crippen molar-refractivity contribution in [1.29, 1.82) is 0 Å². The van der Waals surface area contributed by atoms with Crippen LogP contribution in [0.3, 0.4) is 0 Å². The lowest BCUT2D eigenvalue weighted by atomic mass is 9.99. The van der Waals surface area contributed by atoms with E-state index in [0.717, 1.165) is 18.9 Å². The number of amidine groups is 1. The maximum Gasteiger partial charge on any atom is 0.435 e. The van der Waals surface area contributed by atoms with Gasteiger partial charge in [0.1, 0.15) is 5.84 Å². The summed E-state index contributed by atoms with van der Waals surface area (Å²) in [7, 11) is 0. The van der Waals surface area contributed by atoms with E-state index in [1.165, 1.54) is 0 Å². The van der Waals surface area contributed by atoms with Gasteiger partial charge in [-0.15, -0.1) is 0 Å². The van der Waals surface area contributed by atoms with E-state index in [-0.39, 0.29) is 11.3 Å². The van der Waals surface area contributed by atoms with Gasteiger partial charge in [-0.1, -0.05) is 34.6 Å². The zero-order valence-corrected chi connectivity index (χ0v) is 12.7. The molecule has 1 saturated heterocycles. The van der Waals surface area contributed by atoms with Crippen molar-refractivity contribution < 1.29 is 14.3 Å². The highest BCUT2D eigenvalue weighted by Crippen LogP contribution is 2.14. The van der Waals surface area contributed by atoms with Gasteiger partial charge in [0.15, 0.2) is 0 Å². The number of hydrogen-bond acceptors (Lipinski definition) is 3. The summed E-state index contributed by atoms with van der Waals surface area (Å²) in [6.45, 7) is 13.4. The van der Waals surface area contributed by atoms with Gasteiger partial charge < -0.3 is 14.4 Å². The third kappa shape index (κ3) is 6.05. The average Bonchev–Trinajstić information content (AvgIpc) is 2.33. The Labute approximate surface area is 116 Å². The molecule has 1 amide bonds. The van der Waals surface area contributed by atoms with Crippen molar-refractivity contribution in [3.63, 3.8) is 0 Å².